The van der Waals surface area contributed by atoms with E-state index in [2.05, 4.69) is 5.43 Å². The fraction of sp³-hybridized carbons (Fsp3) is 0.333. The number of thioether (sulfide) groups is 1. The van der Waals surface area contributed by atoms with Crippen LogP contribution in [0, 0.1) is 5.92 Å². The highest BCUT2D eigenvalue weighted by molar-refractivity contribution is 8.26. The molecule has 0 aliphatic carbocycles. The third-order valence-corrected chi connectivity index (χ3v) is 8.37. The Morgan fingerprint density at radius 1 is 1.02 bits per heavy atom. The largest absolute Gasteiger partial charge is 0.481 e. The summed E-state index contributed by atoms with van der Waals surface area (Å²) in [5.41, 5.74) is -0.371. The Labute approximate surface area is 236 Å². The number of alkyl halides is 6. The zero-order valence-electron chi connectivity index (χ0n) is 20.1. The van der Waals surface area contributed by atoms with Crippen molar-refractivity contribution in [3.63, 3.8) is 0 Å². The van der Waals surface area contributed by atoms with Crippen LogP contribution in [0.15, 0.2) is 34.6 Å². The summed E-state index contributed by atoms with van der Waals surface area (Å²) in [6.45, 7) is 0.275. The van der Waals surface area contributed by atoms with E-state index in [0.29, 0.717) is 29.9 Å². The van der Waals surface area contributed by atoms with Gasteiger partial charge in [-0.15, -0.1) is 11.3 Å². The number of hydrogen-bond donors (Lipinski definition) is 2. The van der Waals surface area contributed by atoms with Crippen LogP contribution in [-0.2, 0) is 26.7 Å². The number of thiophene rings is 1. The van der Waals surface area contributed by atoms with Crippen molar-refractivity contribution in [3.8, 4) is 11.1 Å². The molecule has 1 aromatic heterocycles. The van der Waals surface area contributed by atoms with Gasteiger partial charge in [0.1, 0.15) is 0 Å². The number of carboxylic acids is 1. The minimum Gasteiger partial charge on any atom is -0.481 e. The summed E-state index contributed by atoms with van der Waals surface area (Å²) in [6.07, 6.45) is -7.90. The van der Waals surface area contributed by atoms with E-state index in [-0.39, 0.29) is 52.0 Å². The maximum Gasteiger partial charge on any atom is 0.416 e. The van der Waals surface area contributed by atoms with Crippen molar-refractivity contribution in [3.05, 3.63) is 50.6 Å². The lowest BCUT2D eigenvalue weighted by Crippen LogP contribution is -2.49. The van der Waals surface area contributed by atoms with Gasteiger partial charge in [0.15, 0.2) is 4.32 Å². The number of piperidine rings is 1. The molecule has 3 heterocycles. The van der Waals surface area contributed by atoms with Crippen LogP contribution in [0.2, 0.25) is 0 Å². The summed E-state index contributed by atoms with van der Waals surface area (Å²) >= 11 is 7.13. The zero-order chi connectivity index (χ0) is 29.4. The average molecular weight is 624 g/mol. The predicted octanol–water partition coefficient (Wildman–Crippen LogP) is 5.48. The minimum absolute atomic E-state index is 0.0535. The van der Waals surface area contributed by atoms with Gasteiger partial charge < -0.3 is 10.0 Å². The molecule has 7 nitrogen and oxygen atoms in total. The quantitative estimate of drug-likeness (QED) is 0.250. The Morgan fingerprint density at radius 2 is 1.62 bits per heavy atom. The molecule has 2 saturated heterocycles. The van der Waals surface area contributed by atoms with Gasteiger partial charge in [0.05, 0.1) is 28.5 Å². The lowest BCUT2D eigenvalue weighted by Gasteiger charge is -2.30. The van der Waals surface area contributed by atoms with Crippen molar-refractivity contribution in [2.45, 2.75) is 25.2 Å². The smallest absolute Gasteiger partial charge is 0.416 e. The molecular weight excluding hydrogens is 604 g/mol. The fourth-order valence-electron chi connectivity index (χ4n) is 4.07. The van der Waals surface area contributed by atoms with Crippen LogP contribution < -0.4 is 5.43 Å². The molecule has 0 saturated carbocycles. The van der Waals surface area contributed by atoms with Gasteiger partial charge in [-0.05, 0) is 59.7 Å². The third kappa shape index (κ3) is 6.85. The number of carboxylic acid groups (broad SMARTS) is 1. The van der Waals surface area contributed by atoms with Crippen LogP contribution in [0.1, 0.15) is 28.8 Å². The molecule has 2 amide bonds. The molecule has 2 aliphatic heterocycles. The minimum atomic E-state index is -4.98. The molecule has 214 valence electrons. The van der Waals surface area contributed by atoms with Crippen LogP contribution in [0.4, 0.5) is 26.3 Å². The fourth-order valence-corrected chi connectivity index (χ4v) is 6.20. The van der Waals surface area contributed by atoms with Crippen molar-refractivity contribution in [2.75, 3.05) is 19.6 Å². The number of carbonyl (C=O) groups excluding carboxylic acids is 2. The SMILES string of the molecule is O=C(O)C1CCN(C(=O)CNN2C(=O)C(=Cc3cc(-c4cc(C(F)(F)F)cc(C(F)(F)F)c4)cs3)SC2=S)CC1. The molecule has 0 bridgehead atoms. The van der Waals surface area contributed by atoms with E-state index in [1.54, 1.807) is 0 Å². The number of likely N-dealkylation sites (tertiary alicyclic amines) is 1. The van der Waals surface area contributed by atoms with E-state index in [4.69, 9.17) is 17.3 Å². The molecule has 2 fully saturated rings. The molecule has 4 rings (SSSR count). The van der Waals surface area contributed by atoms with Crippen LogP contribution in [-0.4, -0.2) is 56.8 Å². The summed E-state index contributed by atoms with van der Waals surface area (Å²) in [5.74, 6) is -2.34. The number of nitrogens with one attached hydrogen (secondary N) is 1. The molecule has 2 aliphatic rings. The Balaban J connectivity index is 1.45. The lowest BCUT2D eigenvalue weighted by atomic mass is 9.97. The molecule has 2 N–H and O–H groups in total. The standard InChI is InChI=1S/C24H19F6N3O4S3/c25-23(26,27)15-5-13(6-16(8-15)24(28,29)30)14-7-17(39-11-14)9-18-20(35)33(22(38)40-18)31-10-19(34)32-3-1-12(2-4-32)21(36)37/h5-9,11-12,31H,1-4,10H2,(H,36,37). The van der Waals surface area contributed by atoms with Crippen LogP contribution in [0.5, 0.6) is 0 Å². The molecule has 2 aromatic rings. The Morgan fingerprint density at radius 3 is 2.17 bits per heavy atom. The van der Waals surface area contributed by atoms with Gasteiger partial charge in [0.25, 0.3) is 5.91 Å². The van der Waals surface area contributed by atoms with Crippen molar-refractivity contribution in [2.24, 2.45) is 5.92 Å². The second-order valence-electron chi connectivity index (χ2n) is 8.88. The lowest BCUT2D eigenvalue weighted by molar-refractivity contribution is -0.145. The first-order valence-electron chi connectivity index (χ1n) is 11.5. The molecule has 16 heteroatoms. The second kappa shape index (κ2) is 11.5. The van der Waals surface area contributed by atoms with E-state index in [1.165, 1.54) is 22.4 Å². The molecule has 1 aromatic carbocycles. The van der Waals surface area contributed by atoms with Crippen LogP contribution >= 0.6 is 35.3 Å². The van der Waals surface area contributed by atoms with Gasteiger partial charge in [-0.3, -0.25) is 14.4 Å². The van der Waals surface area contributed by atoms with Crippen molar-refractivity contribution >= 4 is 63.5 Å². The summed E-state index contributed by atoms with van der Waals surface area (Å²) in [5, 5.41) is 11.5. The third-order valence-electron chi connectivity index (χ3n) is 6.19. The number of halogens is 6. The Kier molecular flexibility index (Phi) is 8.63. The number of hydrazine groups is 1. The molecule has 0 radical (unpaired) electrons. The maximum absolute atomic E-state index is 13.2. The maximum atomic E-state index is 13.2. The van der Waals surface area contributed by atoms with E-state index in [9.17, 15) is 40.7 Å². The summed E-state index contributed by atoms with van der Waals surface area (Å²) < 4.78 is 79.4. The molecular formula is C24H19F6N3O4S3. The van der Waals surface area contributed by atoms with Crippen LogP contribution in [0.25, 0.3) is 17.2 Å². The van der Waals surface area contributed by atoms with E-state index >= 15 is 0 Å². The van der Waals surface area contributed by atoms with E-state index in [1.807, 2.05) is 0 Å². The van der Waals surface area contributed by atoms with Crippen molar-refractivity contribution < 1.29 is 45.8 Å². The normalized spacial score (nSPS) is 18.2. The Hall–Kier alpha value is -2.95. The number of rotatable bonds is 6. The number of carbonyl (C=O) groups is 3. The highest BCUT2D eigenvalue weighted by atomic mass is 32.2. The van der Waals surface area contributed by atoms with Gasteiger partial charge >= 0.3 is 18.3 Å². The summed E-state index contributed by atoms with van der Waals surface area (Å²) in [4.78, 5) is 38.5. The van der Waals surface area contributed by atoms with Gasteiger partial charge in [0, 0.05) is 18.0 Å². The van der Waals surface area contributed by atoms with E-state index < -0.39 is 41.3 Å². The van der Waals surface area contributed by atoms with Crippen LogP contribution in [0.3, 0.4) is 0 Å². The zero-order valence-corrected chi connectivity index (χ0v) is 22.6. The van der Waals surface area contributed by atoms with Crippen molar-refractivity contribution in [1.82, 2.24) is 15.3 Å². The van der Waals surface area contributed by atoms with Gasteiger partial charge in [-0.2, -0.15) is 26.3 Å². The van der Waals surface area contributed by atoms with Gasteiger partial charge in [-0.25, -0.2) is 10.4 Å². The first-order valence-corrected chi connectivity index (χ1v) is 13.6. The van der Waals surface area contributed by atoms with Gasteiger partial charge in [0.2, 0.25) is 5.91 Å². The first kappa shape index (κ1) is 30.0. The number of aliphatic carboxylic acids is 1. The molecule has 40 heavy (non-hydrogen) atoms. The second-order valence-corrected chi connectivity index (χ2v) is 11.5. The highest BCUT2D eigenvalue weighted by Crippen LogP contribution is 2.40. The predicted molar refractivity (Wildman–Crippen MR) is 140 cm³/mol. The molecule has 0 unspecified atom stereocenters. The number of hydrogen-bond acceptors (Lipinski definition) is 7. The van der Waals surface area contributed by atoms with E-state index in [0.717, 1.165) is 28.1 Å². The number of thiocarbonyl (C=S) groups is 1. The number of benzene rings is 1. The number of nitrogens with zero attached hydrogens (tertiary/aromatic N) is 2. The monoisotopic (exact) mass is 623 g/mol. The summed E-state index contributed by atoms with van der Waals surface area (Å²) in [7, 11) is 0. The van der Waals surface area contributed by atoms with Gasteiger partial charge in [-0.1, -0.05) is 24.0 Å². The Bertz CT molecular complexity index is 1350. The highest BCUT2D eigenvalue weighted by Gasteiger charge is 2.37. The summed E-state index contributed by atoms with van der Waals surface area (Å²) in [6, 6.07) is 2.68. The topological polar surface area (TPSA) is 89.9 Å². The molecule has 0 atom stereocenters. The average Bonchev–Trinajstić information content (AvgIpc) is 3.45. The first-order chi connectivity index (χ1) is 18.6. The van der Waals surface area contributed by atoms with Crippen molar-refractivity contribution in [1.29, 1.82) is 0 Å². The number of amides is 2. The molecule has 0 spiro atoms.